The van der Waals surface area contributed by atoms with Gasteiger partial charge < -0.3 is 4.74 Å². The molecule has 0 spiro atoms. The van der Waals surface area contributed by atoms with Gasteiger partial charge in [0, 0.05) is 11.8 Å². The van der Waals surface area contributed by atoms with Crippen LogP contribution in [-0.2, 0) is 11.3 Å². The predicted octanol–water partition coefficient (Wildman–Crippen LogP) is 4.59. The number of rotatable bonds is 4. The molecule has 0 fully saturated rings. The molecule has 0 aliphatic rings. The number of carbonyl (C=O) groups is 1. The van der Waals surface area contributed by atoms with E-state index in [0.717, 1.165) is 27.9 Å². The molecule has 1 N–H and O–H groups in total. The van der Waals surface area contributed by atoms with E-state index in [1.54, 1.807) is 6.08 Å². The Morgan fingerprint density at radius 3 is 2.48 bits per heavy atom. The van der Waals surface area contributed by atoms with Gasteiger partial charge in [0.1, 0.15) is 6.61 Å². The van der Waals surface area contributed by atoms with Crippen molar-refractivity contribution in [3.05, 3.63) is 70.8 Å². The zero-order valence-electron chi connectivity index (χ0n) is 13.2. The number of anilines is 1. The van der Waals surface area contributed by atoms with Gasteiger partial charge >= 0.3 is 6.09 Å². The lowest BCUT2D eigenvalue weighted by Gasteiger charge is -2.13. The molecule has 0 radical (unpaired) electrons. The van der Waals surface area contributed by atoms with Crippen molar-refractivity contribution in [3.8, 4) is 6.07 Å². The monoisotopic (exact) mass is 306 g/mol. The lowest BCUT2D eigenvalue weighted by molar-refractivity contribution is 0.155. The quantitative estimate of drug-likeness (QED) is 0.840. The minimum atomic E-state index is -0.486. The Balaban J connectivity index is 2.03. The molecular formula is C19H18N2O2. The molecule has 1 amide bonds. The summed E-state index contributed by atoms with van der Waals surface area (Å²) in [5.74, 6) is 0. The second kappa shape index (κ2) is 7.81. The van der Waals surface area contributed by atoms with E-state index in [1.165, 1.54) is 6.08 Å². The highest BCUT2D eigenvalue weighted by molar-refractivity contribution is 5.87. The van der Waals surface area contributed by atoms with Gasteiger partial charge in [-0.2, -0.15) is 5.26 Å². The Kier molecular flexibility index (Phi) is 5.54. The van der Waals surface area contributed by atoms with Crippen LogP contribution < -0.4 is 5.32 Å². The lowest BCUT2D eigenvalue weighted by atomic mass is 10.0. The Bertz CT molecular complexity index is 736. The third-order valence-electron chi connectivity index (χ3n) is 3.35. The Labute approximate surface area is 136 Å². The fourth-order valence-corrected chi connectivity index (χ4v) is 2.29. The van der Waals surface area contributed by atoms with E-state index < -0.39 is 6.09 Å². The first kappa shape index (κ1) is 16.3. The van der Waals surface area contributed by atoms with E-state index >= 15 is 0 Å². The molecule has 0 unspecified atom stereocenters. The van der Waals surface area contributed by atoms with Gasteiger partial charge in [-0.3, -0.25) is 5.32 Å². The van der Waals surface area contributed by atoms with E-state index in [-0.39, 0.29) is 6.61 Å². The Morgan fingerprint density at radius 1 is 1.22 bits per heavy atom. The van der Waals surface area contributed by atoms with Gasteiger partial charge in [0.2, 0.25) is 0 Å². The van der Waals surface area contributed by atoms with Crippen molar-refractivity contribution in [1.29, 1.82) is 5.26 Å². The van der Waals surface area contributed by atoms with Crippen LogP contribution in [0.25, 0.3) is 6.08 Å². The standard InChI is InChI=1S/C19H18N2O2/c1-14-11-17(9-6-10-20)12-15(2)18(14)21-19(22)23-13-16-7-4-3-5-8-16/h3-9,11-12H,13H2,1-2H3,(H,21,22). The van der Waals surface area contributed by atoms with Crippen LogP contribution in [0.4, 0.5) is 10.5 Å². The van der Waals surface area contributed by atoms with Crippen LogP contribution in [0.5, 0.6) is 0 Å². The molecule has 2 aromatic carbocycles. The molecule has 0 aliphatic heterocycles. The van der Waals surface area contributed by atoms with Crippen LogP contribution in [0.1, 0.15) is 22.3 Å². The number of aryl methyl sites for hydroxylation is 2. The van der Waals surface area contributed by atoms with Gasteiger partial charge in [-0.1, -0.05) is 30.3 Å². The number of allylic oxidation sites excluding steroid dienone is 1. The summed E-state index contributed by atoms with van der Waals surface area (Å²) in [7, 11) is 0. The van der Waals surface area contributed by atoms with Crippen LogP contribution in [-0.4, -0.2) is 6.09 Å². The summed E-state index contributed by atoms with van der Waals surface area (Å²) in [6.07, 6.45) is 2.67. The number of benzene rings is 2. The zero-order valence-corrected chi connectivity index (χ0v) is 13.2. The molecule has 0 saturated carbocycles. The third kappa shape index (κ3) is 4.72. The maximum absolute atomic E-state index is 12.0. The highest BCUT2D eigenvalue weighted by Crippen LogP contribution is 2.23. The third-order valence-corrected chi connectivity index (χ3v) is 3.35. The van der Waals surface area contributed by atoms with Crippen LogP contribution in [0.2, 0.25) is 0 Å². The van der Waals surface area contributed by atoms with Crippen molar-refractivity contribution in [1.82, 2.24) is 0 Å². The van der Waals surface area contributed by atoms with Crippen LogP contribution >= 0.6 is 0 Å². The molecule has 23 heavy (non-hydrogen) atoms. The van der Waals surface area contributed by atoms with E-state index in [4.69, 9.17) is 10.00 Å². The SMILES string of the molecule is Cc1cc(C=CC#N)cc(C)c1NC(=O)OCc1ccccc1. The predicted molar refractivity (Wildman–Crippen MR) is 90.8 cm³/mol. The summed E-state index contributed by atoms with van der Waals surface area (Å²) in [5.41, 5.74) is 4.42. The number of amides is 1. The topological polar surface area (TPSA) is 62.1 Å². The summed E-state index contributed by atoms with van der Waals surface area (Å²) in [6.45, 7) is 4.04. The van der Waals surface area contributed by atoms with Crippen molar-refractivity contribution in [2.75, 3.05) is 5.32 Å². The maximum Gasteiger partial charge on any atom is 0.411 e. The number of nitrogens with zero attached hydrogens (tertiary/aromatic N) is 1. The summed E-state index contributed by atoms with van der Waals surface area (Å²) in [5, 5.41) is 11.4. The number of hydrogen-bond donors (Lipinski definition) is 1. The second-order valence-electron chi connectivity index (χ2n) is 5.18. The first-order chi connectivity index (χ1) is 11.1. The molecule has 0 aliphatic carbocycles. The molecule has 4 nitrogen and oxygen atoms in total. The normalized spacial score (nSPS) is 10.3. The lowest BCUT2D eigenvalue weighted by Crippen LogP contribution is -2.15. The zero-order chi connectivity index (χ0) is 16.7. The van der Waals surface area contributed by atoms with Crippen molar-refractivity contribution >= 4 is 17.9 Å². The molecule has 116 valence electrons. The van der Waals surface area contributed by atoms with Crippen molar-refractivity contribution < 1.29 is 9.53 Å². The minimum absolute atomic E-state index is 0.230. The largest absolute Gasteiger partial charge is 0.444 e. The summed E-state index contributed by atoms with van der Waals surface area (Å²) in [6, 6.07) is 15.3. The molecule has 0 atom stereocenters. The molecule has 0 aromatic heterocycles. The van der Waals surface area contributed by atoms with Crippen LogP contribution in [0, 0.1) is 25.2 Å². The number of ether oxygens (including phenoxy) is 1. The van der Waals surface area contributed by atoms with Crippen LogP contribution in [0.3, 0.4) is 0 Å². The average Bonchev–Trinajstić information content (AvgIpc) is 2.55. The molecular weight excluding hydrogens is 288 g/mol. The van der Waals surface area contributed by atoms with Gasteiger partial charge in [0.15, 0.2) is 0 Å². The molecule has 0 heterocycles. The Hall–Kier alpha value is -3.06. The summed E-state index contributed by atoms with van der Waals surface area (Å²) >= 11 is 0. The molecule has 0 bridgehead atoms. The van der Waals surface area contributed by atoms with Gasteiger partial charge in [0.05, 0.1) is 6.07 Å². The molecule has 2 aromatic rings. The molecule has 2 rings (SSSR count). The van der Waals surface area contributed by atoms with Gasteiger partial charge in [-0.25, -0.2) is 4.79 Å². The smallest absolute Gasteiger partial charge is 0.411 e. The molecule has 4 heteroatoms. The first-order valence-electron chi connectivity index (χ1n) is 7.25. The van der Waals surface area contributed by atoms with Crippen LogP contribution in [0.15, 0.2) is 48.5 Å². The van der Waals surface area contributed by atoms with Gasteiger partial charge in [0.25, 0.3) is 0 Å². The fraction of sp³-hybridized carbons (Fsp3) is 0.158. The number of nitrogens with one attached hydrogen (secondary N) is 1. The van der Waals surface area contributed by atoms with E-state index in [1.807, 2.05) is 62.4 Å². The average molecular weight is 306 g/mol. The number of nitriles is 1. The minimum Gasteiger partial charge on any atom is -0.444 e. The van der Waals surface area contributed by atoms with Crippen molar-refractivity contribution in [2.45, 2.75) is 20.5 Å². The number of hydrogen-bond acceptors (Lipinski definition) is 3. The maximum atomic E-state index is 12.0. The van der Waals surface area contributed by atoms with Crippen molar-refractivity contribution in [2.24, 2.45) is 0 Å². The van der Waals surface area contributed by atoms with Gasteiger partial charge in [-0.05, 0) is 54.3 Å². The van der Waals surface area contributed by atoms with E-state index in [9.17, 15) is 4.79 Å². The Morgan fingerprint density at radius 2 is 1.87 bits per heavy atom. The first-order valence-corrected chi connectivity index (χ1v) is 7.25. The molecule has 0 saturated heterocycles. The fourth-order valence-electron chi connectivity index (χ4n) is 2.29. The van der Waals surface area contributed by atoms with Crippen molar-refractivity contribution in [3.63, 3.8) is 0 Å². The van der Waals surface area contributed by atoms with E-state index in [0.29, 0.717) is 0 Å². The van der Waals surface area contributed by atoms with Gasteiger partial charge in [-0.15, -0.1) is 0 Å². The number of carbonyl (C=O) groups excluding carboxylic acids is 1. The highest BCUT2D eigenvalue weighted by atomic mass is 16.5. The van der Waals surface area contributed by atoms with E-state index in [2.05, 4.69) is 5.32 Å². The summed E-state index contributed by atoms with van der Waals surface area (Å²) in [4.78, 5) is 12.0. The summed E-state index contributed by atoms with van der Waals surface area (Å²) < 4.78 is 5.23. The second-order valence-corrected chi connectivity index (χ2v) is 5.18. The highest BCUT2D eigenvalue weighted by Gasteiger charge is 2.09.